The Morgan fingerprint density at radius 1 is 1.17 bits per heavy atom. The molecule has 2 aliphatic rings. The molecule has 0 radical (unpaired) electrons. The number of hydrogen-bond acceptors (Lipinski definition) is 1. The molecule has 0 N–H and O–H groups in total. The minimum Gasteiger partial charge on any atom is -0.338 e. The van der Waals surface area contributed by atoms with Crippen molar-refractivity contribution >= 4 is 5.91 Å². The normalized spacial score (nSPS) is 26.1. The van der Waals surface area contributed by atoms with E-state index >= 15 is 0 Å². The highest BCUT2D eigenvalue weighted by Crippen LogP contribution is 2.45. The number of halogens is 3. The first-order valence-corrected chi connectivity index (χ1v) is 5.92. The quantitative estimate of drug-likeness (QED) is 0.755. The molecule has 18 heavy (non-hydrogen) atoms. The van der Waals surface area contributed by atoms with Crippen molar-refractivity contribution in [3.05, 3.63) is 35.4 Å². The van der Waals surface area contributed by atoms with Gasteiger partial charge in [0.15, 0.2) is 0 Å². The molecule has 1 aromatic carbocycles. The maximum atomic E-state index is 12.8. The zero-order chi connectivity index (χ0) is 12.9. The topological polar surface area (TPSA) is 20.3 Å². The molecule has 1 aromatic rings. The third-order valence-corrected chi connectivity index (χ3v) is 3.73. The van der Waals surface area contributed by atoms with Crippen LogP contribution in [0.1, 0.15) is 22.3 Å². The molecule has 2 unspecified atom stereocenters. The molecule has 1 amide bonds. The number of rotatable bonds is 1. The van der Waals surface area contributed by atoms with Gasteiger partial charge in [-0.3, -0.25) is 4.79 Å². The van der Waals surface area contributed by atoms with Crippen molar-refractivity contribution in [3.8, 4) is 0 Å². The molecule has 1 aliphatic carbocycles. The number of amides is 1. The Morgan fingerprint density at radius 3 is 2.39 bits per heavy atom. The zero-order valence-corrected chi connectivity index (χ0v) is 9.57. The largest absolute Gasteiger partial charge is 0.417 e. The summed E-state index contributed by atoms with van der Waals surface area (Å²) in [6, 6.07) is 5.00. The summed E-state index contributed by atoms with van der Waals surface area (Å²) in [6.45, 7) is 1.21. The van der Waals surface area contributed by atoms with Crippen LogP contribution < -0.4 is 0 Å². The van der Waals surface area contributed by atoms with Gasteiger partial charge in [0.1, 0.15) is 0 Å². The van der Waals surface area contributed by atoms with E-state index in [1.165, 1.54) is 18.2 Å². The van der Waals surface area contributed by atoms with E-state index < -0.39 is 17.6 Å². The van der Waals surface area contributed by atoms with Crippen molar-refractivity contribution in [1.82, 2.24) is 4.90 Å². The van der Waals surface area contributed by atoms with Crippen molar-refractivity contribution < 1.29 is 18.0 Å². The second-order valence-corrected chi connectivity index (χ2v) is 5.01. The van der Waals surface area contributed by atoms with Crippen LogP contribution in [0.25, 0.3) is 0 Å². The average Bonchev–Trinajstić information content (AvgIpc) is 2.94. The van der Waals surface area contributed by atoms with E-state index in [-0.39, 0.29) is 5.56 Å². The highest BCUT2D eigenvalue weighted by molar-refractivity contribution is 5.96. The smallest absolute Gasteiger partial charge is 0.338 e. The minimum absolute atomic E-state index is 0.230. The number of piperidine rings is 1. The molecular weight excluding hydrogens is 243 g/mol. The average molecular weight is 255 g/mol. The summed E-state index contributed by atoms with van der Waals surface area (Å²) < 4.78 is 38.4. The Balaban J connectivity index is 1.89. The fourth-order valence-electron chi connectivity index (χ4n) is 2.65. The highest BCUT2D eigenvalue weighted by atomic mass is 19.4. The summed E-state index contributed by atoms with van der Waals surface area (Å²) in [5, 5.41) is 0. The van der Waals surface area contributed by atoms with E-state index in [0.717, 1.165) is 12.5 Å². The Labute approximate surface area is 102 Å². The van der Waals surface area contributed by atoms with E-state index in [2.05, 4.69) is 0 Å². The van der Waals surface area contributed by atoms with Crippen molar-refractivity contribution in [2.45, 2.75) is 12.6 Å². The first kappa shape index (κ1) is 11.6. The zero-order valence-electron chi connectivity index (χ0n) is 9.57. The van der Waals surface area contributed by atoms with Crippen molar-refractivity contribution in [3.63, 3.8) is 0 Å². The monoisotopic (exact) mass is 255 g/mol. The van der Waals surface area contributed by atoms with Gasteiger partial charge in [-0.2, -0.15) is 13.2 Å². The lowest BCUT2D eigenvalue weighted by Crippen LogP contribution is -2.31. The first-order valence-electron chi connectivity index (χ1n) is 5.92. The molecule has 3 rings (SSSR count). The summed E-state index contributed by atoms with van der Waals surface area (Å²) in [5.74, 6) is 0.550. The molecule has 5 heteroatoms. The van der Waals surface area contributed by atoms with Gasteiger partial charge < -0.3 is 4.90 Å². The molecule has 2 fully saturated rings. The van der Waals surface area contributed by atoms with Crippen molar-refractivity contribution in [2.24, 2.45) is 11.8 Å². The molecule has 1 heterocycles. The maximum absolute atomic E-state index is 12.8. The molecule has 1 saturated heterocycles. The molecule has 96 valence electrons. The molecular formula is C13H12F3NO. The molecule has 0 spiro atoms. The van der Waals surface area contributed by atoms with Crippen LogP contribution in [-0.2, 0) is 6.18 Å². The number of fused-ring (bicyclic) bond motifs is 1. The van der Waals surface area contributed by atoms with Crippen LogP contribution in [0.2, 0.25) is 0 Å². The number of carbonyl (C=O) groups excluding carboxylic acids is 1. The second kappa shape index (κ2) is 3.73. The van der Waals surface area contributed by atoms with Gasteiger partial charge in [0.05, 0.1) is 11.1 Å². The van der Waals surface area contributed by atoms with Gasteiger partial charge in [-0.25, -0.2) is 0 Å². The van der Waals surface area contributed by atoms with E-state index in [4.69, 9.17) is 0 Å². The molecule has 2 nitrogen and oxygen atoms in total. The lowest BCUT2D eigenvalue weighted by molar-refractivity contribution is -0.138. The van der Waals surface area contributed by atoms with Crippen LogP contribution in [0.5, 0.6) is 0 Å². The van der Waals surface area contributed by atoms with Gasteiger partial charge in [0, 0.05) is 13.1 Å². The van der Waals surface area contributed by atoms with E-state index in [1.54, 1.807) is 4.90 Å². The predicted octanol–water partition coefficient (Wildman–Crippen LogP) is 2.80. The first-order chi connectivity index (χ1) is 8.47. The van der Waals surface area contributed by atoms with E-state index in [1.807, 2.05) is 0 Å². The van der Waals surface area contributed by atoms with Crippen LogP contribution in [0, 0.1) is 11.8 Å². The van der Waals surface area contributed by atoms with Gasteiger partial charge in [-0.15, -0.1) is 0 Å². The van der Waals surface area contributed by atoms with E-state index in [0.29, 0.717) is 24.9 Å². The number of nitrogens with zero attached hydrogens (tertiary/aromatic N) is 1. The fourth-order valence-corrected chi connectivity index (χ4v) is 2.65. The fraction of sp³-hybridized carbons (Fsp3) is 0.462. The Kier molecular flexibility index (Phi) is 2.40. The maximum Gasteiger partial charge on any atom is 0.417 e. The van der Waals surface area contributed by atoms with Gasteiger partial charge in [0.2, 0.25) is 0 Å². The Hall–Kier alpha value is -1.52. The van der Waals surface area contributed by atoms with Gasteiger partial charge in [-0.1, -0.05) is 12.1 Å². The Bertz CT molecular complexity index is 487. The second-order valence-electron chi connectivity index (χ2n) is 5.01. The predicted molar refractivity (Wildman–Crippen MR) is 58.9 cm³/mol. The van der Waals surface area contributed by atoms with E-state index in [9.17, 15) is 18.0 Å². The third kappa shape index (κ3) is 1.87. The van der Waals surface area contributed by atoms with Crippen LogP contribution in [-0.4, -0.2) is 23.9 Å². The third-order valence-electron chi connectivity index (χ3n) is 3.73. The molecule has 0 bridgehead atoms. The molecule has 1 saturated carbocycles. The lowest BCUT2D eigenvalue weighted by Gasteiger charge is -2.20. The number of hydrogen-bond donors (Lipinski definition) is 0. The minimum atomic E-state index is -4.48. The summed E-state index contributed by atoms with van der Waals surface area (Å²) >= 11 is 0. The van der Waals surface area contributed by atoms with Gasteiger partial charge in [0.25, 0.3) is 5.91 Å². The molecule has 2 atom stereocenters. The van der Waals surface area contributed by atoms with Crippen LogP contribution in [0.3, 0.4) is 0 Å². The molecule has 0 aromatic heterocycles. The lowest BCUT2D eigenvalue weighted by atomic mass is 10.1. The summed E-state index contributed by atoms with van der Waals surface area (Å²) in [7, 11) is 0. The van der Waals surface area contributed by atoms with Gasteiger partial charge >= 0.3 is 6.18 Å². The number of alkyl halides is 3. The SMILES string of the molecule is O=C(c1ccccc1C(F)(F)F)N1CC2CC2C1. The number of benzene rings is 1. The van der Waals surface area contributed by atoms with Crippen LogP contribution in [0.15, 0.2) is 24.3 Å². The standard InChI is InChI=1S/C13H12F3NO/c14-13(15,16)11-4-2-1-3-10(11)12(18)17-6-8-5-9(8)7-17/h1-4,8-9H,5-7H2. The Morgan fingerprint density at radius 2 is 1.78 bits per heavy atom. The van der Waals surface area contributed by atoms with Crippen LogP contribution in [0.4, 0.5) is 13.2 Å². The van der Waals surface area contributed by atoms with Crippen molar-refractivity contribution in [2.75, 3.05) is 13.1 Å². The summed E-state index contributed by atoms with van der Waals surface area (Å²) in [6.07, 6.45) is -3.36. The van der Waals surface area contributed by atoms with Crippen molar-refractivity contribution in [1.29, 1.82) is 0 Å². The summed E-state index contributed by atoms with van der Waals surface area (Å²) in [4.78, 5) is 13.7. The van der Waals surface area contributed by atoms with Crippen LogP contribution >= 0.6 is 0 Å². The summed E-state index contributed by atoms with van der Waals surface area (Å²) in [5.41, 5.74) is -1.07. The van der Waals surface area contributed by atoms with Gasteiger partial charge in [-0.05, 0) is 30.4 Å². The molecule has 1 aliphatic heterocycles. The number of likely N-dealkylation sites (tertiary alicyclic amines) is 1. The number of carbonyl (C=O) groups is 1. The highest BCUT2D eigenvalue weighted by Gasteiger charge is 2.47.